The second-order valence-corrected chi connectivity index (χ2v) is 5.58. The van der Waals surface area contributed by atoms with Crippen molar-refractivity contribution in [3.05, 3.63) is 18.5 Å². The summed E-state index contributed by atoms with van der Waals surface area (Å²) in [5.41, 5.74) is 3.94. The van der Waals surface area contributed by atoms with Crippen LogP contribution in [0.2, 0.25) is 0 Å². The molecule has 1 aromatic rings. The molecular weight excluding hydrogens is 306 g/mol. The highest BCUT2D eigenvalue weighted by Gasteiger charge is 2.25. The molecule has 18 heavy (non-hydrogen) atoms. The van der Waals surface area contributed by atoms with E-state index in [1.807, 2.05) is 0 Å². The molecule has 0 radical (unpaired) electrons. The van der Waals surface area contributed by atoms with Gasteiger partial charge in [-0.25, -0.2) is 15.0 Å². The maximum atomic E-state index is 8.34. The number of hydrogen-bond acceptors (Lipinski definition) is 7. The van der Waals surface area contributed by atoms with Crippen molar-refractivity contribution in [3.63, 3.8) is 0 Å². The lowest BCUT2D eigenvalue weighted by Crippen LogP contribution is -2.50. The molecule has 0 saturated carbocycles. The zero-order valence-electron chi connectivity index (χ0n) is 9.17. The summed E-state index contributed by atoms with van der Waals surface area (Å²) in [6, 6.07) is 0. The molecule has 0 saturated heterocycles. The van der Waals surface area contributed by atoms with Gasteiger partial charge in [-0.2, -0.15) is 0 Å². The van der Waals surface area contributed by atoms with Crippen LogP contribution in [0.1, 0.15) is 5.82 Å². The van der Waals surface area contributed by atoms with Crippen molar-refractivity contribution in [2.45, 2.75) is 9.33 Å². The minimum atomic E-state index is -1.55. The van der Waals surface area contributed by atoms with Crippen LogP contribution in [0, 0.1) is 0 Å². The summed E-state index contributed by atoms with van der Waals surface area (Å²) in [5.74, 6) is 0.132. The second kappa shape index (κ2) is 8.00. The van der Waals surface area contributed by atoms with Crippen LogP contribution in [0.4, 0.5) is 0 Å². The minimum absolute atomic E-state index is 0.132. The highest BCUT2D eigenvalue weighted by molar-refractivity contribution is 6.66. The van der Waals surface area contributed by atoms with Gasteiger partial charge >= 0.3 is 0 Å². The fourth-order valence-corrected chi connectivity index (χ4v) is 0.828. The third-order valence-electron chi connectivity index (χ3n) is 1.69. The molecule has 1 rings (SSSR count). The molecule has 5 N–H and O–H groups in total. The Kier molecular flexibility index (Phi) is 7.88. The van der Waals surface area contributed by atoms with Gasteiger partial charge in [0.15, 0.2) is 5.82 Å². The first-order valence-corrected chi connectivity index (χ1v) is 5.73. The summed E-state index contributed by atoms with van der Waals surface area (Å²) in [6.07, 6.45) is 2.54. The van der Waals surface area contributed by atoms with Gasteiger partial charge in [-0.15, -0.1) is 0 Å². The molecule has 0 unspecified atom stereocenters. The van der Waals surface area contributed by atoms with Gasteiger partial charge in [0, 0.05) is 0 Å². The molecule has 7 nitrogen and oxygen atoms in total. The highest BCUT2D eigenvalue weighted by atomic mass is 35.6. The van der Waals surface area contributed by atoms with Crippen LogP contribution in [-0.4, -0.2) is 55.6 Å². The summed E-state index contributed by atoms with van der Waals surface area (Å²) < 4.78 is -1.55. The quantitative estimate of drug-likeness (QED) is 0.546. The van der Waals surface area contributed by atoms with Gasteiger partial charge in [0.2, 0.25) is 3.79 Å². The Hall–Kier alpha value is -0.280. The molecule has 0 aromatic carbocycles. The van der Waals surface area contributed by atoms with E-state index in [-0.39, 0.29) is 5.82 Å². The van der Waals surface area contributed by atoms with Crippen LogP contribution in [0.5, 0.6) is 0 Å². The molecule has 0 amide bonds. The third-order valence-corrected chi connectivity index (χ3v) is 2.20. The molecule has 0 bridgehead atoms. The zero-order chi connectivity index (χ0) is 14.2. The Balaban J connectivity index is 0.000000331. The molecule has 104 valence electrons. The van der Waals surface area contributed by atoms with Crippen LogP contribution >= 0.6 is 34.8 Å². The minimum Gasteiger partial charge on any atom is -0.394 e. The van der Waals surface area contributed by atoms with Gasteiger partial charge in [-0.1, -0.05) is 34.8 Å². The summed E-state index contributed by atoms with van der Waals surface area (Å²) >= 11 is 16.3. The fraction of sp³-hybridized carbons (Fsp3) is 0.625. The van der Waals surface area contributed by atoms with Crippen molar-refractivity contribution in [2.24, 2.45) is 5.73 Å². The first-order chi connectivity index (χ1) is 8.29. The Morgan fingerprint density at radius 2 is 1.39 bits per heavy atom. The average molecular weight is 320 g/mol. The van der Waals surface area contributed by atoms with E-state index in [1.54, 1.807) is 0 Å². The Morgan fingerprint density at radius 3 is 1.56 bits per heavy atom. The van der Waals surface area contributed by atoms with Gasteiger partial charge < -0.3 is 21.1 Å². The maximum absolute atomic E-state index is 8.34. The van der Waals surface area contributed by atoms with Gasteiger partial charge in [0.1, 0.15) is 12.7 Å². The number of hydrogen-bond donors (Lipinski definition) is 4. The molecule has 0 spiro atoms. The number of aliphatic hydroxyl groups is 3. The van der Waals surface area contributed by atoms with Gasteiger partial charge in [-0.3, -0.25) is 0 Å². The largest absolute Gasteiger partial charge is 0.394 e. The highest BCUT2D eigenvalue weighted by Crippen LogP contribution is 2.34. The van der Waals surface area contributed by atoms with E-state index in [9.17, 15) is 0 Å². The molecule has 0 aliphatic carbocycles. The molecule has 1 aromatic heterocycles. The summed E-state index contributed by atoms with van der Waals surface area (Å²) in [4.78, 5) is 10.8. The topological polar surface area (TPSA) is 125 Å². The van der Waals surface area contributed by atoms with Crippen molar-refractivity contribution in [3.8, 4) is 0 Å². The van der Waals surface area contributed by atoms with E-state index in [4.69, 9.17) is 55.9 Å². The van der Waals surface area contributed by atoms with E-state index in [0.717, 1.165) is 0 Å². The van der Waals surface area contributed by atoms with Gasteiger partial charge in [0.25, 0.3) is 0 Å². The number of alkyl halides is 3. The first-order valence-electron chi connectivity index (χ1n) is 4.59. The Labute approximate surface area is 119 Å². The first kappa shape index (κ1) is 17.7. The van der Waals surface area contributed by atoms with E-state index in [0.29, 0.717) is 0 Å². The molecule has 0 aliphatic rings. The number of rotatable bonds is 3. The number of nitrogens with two attached hydrogens (primary N) is 1. The van der Waals surface area contributed by atoms with Crippen molar-refractivity contribution in [1.29, 1.82) is 0 Å². The lowest BCUT2D eigenvalue weighted by atomic mass is 10.1. The van der Waals surface area contributed by atoms with Crippen molar-refractivity contribution in [2.75, 3.05) is 19.8 Å². The van der Waals surface area contributed by atoms with E-state index in [2.05, 4.69) is 15.0 Å². The Bertz CT molecular complexity index is 324. The van der Waals surface area contributed by atoms with Crippen molar-refractivity contribution in [1.82, 2.24) is 15.0 Å². The third kappa shape index (κ3) is 6.60. The number of halogens is 3. The van der Waals surface area contributed by atoms with Crippen LogP contribution in [0.25, 0.3) is 0 Å². The molecule has 0 fully saturated rings. The SMILES string of the molecule is ClC(Cl)(Cl)c1ncncn1.NC(CO)(CO)CO. The predicted octanol–water partition coefficient (Wildman–Crippen LogP) is -0.641. The lowest BCUT2D eigenvalue weighted by molar-refractivity contribution is 0.0698. The number of aromatic nitrogens is 3. The molecule has 10 heteroatoms. The lowest BCUT2D eigenvalue weighted by Gasteiger charge is -2.20. The number of nitrogens with zero attached hydrogens (tertiary/aromatic N) is 3. The standard InChI is InChI=1S/C4H2Cl3N3.C4H11NO3/c5-4(6,7)3-9-1-8-2-10-3;5-4(1-6,2-7)3-8/h1-2H;6-8H,1-3,5H2. The van der Waals surface area contributed by atoms with Gasteiger partial charge in [0.05, 0.1) is 25.4 Å². The summed E-state index contributed by atoms with van der Waals surface area (Å²) in [6.45, 7) is -1.21. The normalized spacial score (nSPS) is 11.7. The van der Waals surface area contributed by atoms with Crippen LogP contribution in [0.3, 0.4) is 0 Å². The molecule has 1 heterocycles. The van der Waals surface area contributed by atoms with E-state index >= 15 is 0 Å². The van der Waals surface area contributed by atoms with Crippen LogP contribution in [0.15, 0.2) is 12.7 Å². The summed E-state index contributed by atoms with van der Waals surface area (Å²) in [7, 11) is 0. The summed E-state index contributed by atoms with van der Waals surface area (Å²) in [5, 5.41) is 25.0. The number of aliphatic hydroxyl groups excluding tert-OH is 3. The predicted molar refractivity (Wildman–Crippen MR) is 67.2 cm³/mol. The average Bonchev–Trinajstić information content (AvgIpc) is 2.39. The van der Waals surface area contributed by atoms with Crippen LogP contribution in [-0.2, 0) is 3.79 Å². The van der Waals surface area contributed by atoms with Crippen LogP contribution < -0.4 is 5.73 Å². The van der Waals surface area contributed by atoms with E-state index in [1.165, 1.54) is 12.7 Å². The Morgan fingerprint density at radius 1 is 1.00 bits per heavy atom. The smallest absolute Gasteiger partial charge is 0.250 e. The fourth-order valence-electron chi connectivity index (χ4n) is 0.536. The zero-order valence-corrected chi connectivity index (χ0v) is 11.4. The molecular formula is C8H13Cl3N4O3. The molecule has 0 aliphatic heterocycles. The van der Waals surface area contributed by atoms with Gasteiger partial charge in [-0.05, 0) is 0 Å². The second-order valence-electron chi connectivity index (χ2n) is 3.30. The molecule has 0 atom stereocenters. The monoisotopic (exact) mass is 318 g/mol. The van der Waals surface area contributed by atoms with E-state index < -0.39 is 29.2 Å². The van der Waals surface area contributed by atoms with Crippen molar-refractivity contribution >= 4 is 34.8 Å². The van der Waals surface area contributed by atoms with Crippen molar-refractivity contribution < 1.29 is 15.3 Å². The maximum Gasteiger partial charge on any atom is 0.250 e.